The number of nitriles is 1. The van der Waals surface area contributed by atoms with E-state index in [4.69, 9.17) is 19.7 Å². The first-order valence-corrected chi connectivity index (χ1v) is 17.2. The van der Waals surface area contributed by atoms with E-state index in [1.807, 2.05) is 24.3 Å². The maximum absolute atomic E-state index is 14.9. The molecule has 0 amide bonds. The normalized spacial score (nSPS) is 25.0. The number of imidazole rings is 1. The van der Waals surface area contributed by atoms with Crippen LogP contribution < -0.4 is 4.74 Å². The lowest BCUT2D eigenvalue weighted by atomic mass is 9.87. The quantitative estimate of drug-likeness (QED) is 0.289. The molecule has 8 rings (SSSR count). The summed E-state index contributed by atoms with van der Waals surface area (Å²) < 4.78 is 29.3. The van der Waals surface area contributed by atoms with Crippen LogP contribution >= 0.6 is 0 Å². The van der Waals surface area contributed by atoms with Gasteiger partial charge in [-0.2, -0.15) is 5.26 Å². The number of rotatable bonds is 7. The van der Waals surface area contributed by atoms with E-state index >= 15 is 0 Å². The minimum Gasteiger partial charge on any atom is -0.481 e. The van der Waals surface area contributed by atoms with E-state index < -0.39 is 27.4 Å². The van der Waals surface area contributed by atoms with Gasteiger partial charge in [0.05, 0.1) is 33.8 Å². The van der Waals surface area contributed by atoms with Gasteiger partial charge in [-0.15, -0.1) is 0 Å². The lowest BCUT2D eigenvalue weighted by molar-refractivity contribution is -0.0494. The number of likely N-dealkylation sites (tertiary alicyclic amines) is 1. The number of fused-ring (bicyclic) bond motifs is 2. The zero-order valence-corrected chi connectivity index (χ0v) is 26.0. The molecule has 9 nitrogen and oxygen atoms in total. The number of hydrogen-bond acceptors (Lipinski definition) is 7. The molecule has 2 unspecified atom stereocenters. The van der Waals surface area contributed by atoms with Gasteiger partial charge in [-0.3, -0.25) is 4.90 Å². The van der Waals surface area contributed by atoms with E-state index in [2.05, 4.69) is 26.6 Å². The van der Waals surface area contributed by atoms with Gasteiger partial charge in [-0.25, -0.2) is 19.2 Å². The summed E-state index contributed by atoms with van der Waals surface area (Å²) in [6.07, 6.45) is 6.61. The molecule has 4 aliphatic heterocycles. The highest BCUT2D eigenvalue weighted by Crippen LogP contribution is 2.49. The van der Waals surface area contributed by atoms with Gasteiger partial charge in [0.1, 0.15) is 29.0 Å². The molecule has 6 heterocycles. The number of halogens is 1. The van der Waals surface area contributed by atoms with Crippen LogP contribution in [0.4, 0.5) is 4.39 Å². The van der Waals surface area contributed by atoms with Crippen molar-refractivity contribution in [1.82, 2.24) is 19.4 Å². The van der Waals surface area contributed by atoms with Gasteiger partial charge in [0, 0.05) is 23.4 Å². The Morgan fingerprint density at radius 1 is 1.11 bits per heavy atom. The molecule has 2 aromatic carbocycles. The molecule has 228 valence electrons. The Balaban J connectivity index is 1.00. The Hall–Kier alpha value is -4.37. The van der Waals surface area contributed by atoms with Crippen LogP contribution in [0.5, 0.6) is 5.75 Å². The minimum atomic E-state index is -1.03. The number of aromatic nitrogens is 3. The lowest BCUT2D eigenvalue weighted by Crippen LogP contribution is -2.33. The van der Waals surface area contributed by atoms with E-state index in [0.717, 1.165) is 67.2 Å². The summed E-state index contributed by atoms with van der Waals surface area (Å²) in [6, 6.07) is 16.0. The summed E-state index contributed by atoms with van der Waals surface area (Å²) >= 11 is 0. The van der Waals surface area contributed by atoms with Crippen molar-refractivity contribution in [3.63, 3.8) is 0 Å². The van der Waals surface area contributed by atoms with Crippen molar-refractivity contribution >= 4 is 32.7 Å². The summed E-state index contributed by atoms with van der Waals surface area (Å²) in [4.78, 5) is 23.6. The van der Waals surface area contributed by atoms with E-state index in [0.29, 0.717) is 41.0 Å². The fourth-order valence-electron chi connectivity index (χ4n) is 7.20. The third-order valence-electron chi connectivity index (χ3n) is 9.78. The Morgan fingerprint density at radius 3 is 2.69 bits per heavy atom. The molecule has 1 N–H and O–H groups in total. The summed E-state index contributed by atoms with van der Waals surface area (Å²) in [6.45, 7) is 3.27. The molecule has 0 saturated carbocycles. The molecule has 11 heteroatoms. The molecule has 0 aliphatic carbocycles. The van der Waals surface area contributed by atoms with Crippen LogP contribution in [0.2, 0.25) is 5.54 Å². The molecular formula is C34H32FN5O4Si. The molecule has 3 fully saturated rings. The van der Waals surface area contributed by atoms with Crippen molar-refractivity contribution in [2.24, 2.45) is 0 Å². The van der Waals surface area contributed by atoms with E-state index in [9.17, 15) is 14.3 Å². The first kappa shape index (κ1) is 28.1. The van der Waals surface area contributed by atoms with Crippen molar-refractivity contribution in [3.8, 4) is 11.8 Å². The van der Waals surface area contributed by atoms with Crippen molar-refractivity contribution < 1.29 is 23.8 Å². The van der Waals surface area contributed by atoms with Crippen LogP contribution in [-0.2, 0) is 11.3 Å². The van der Waals surface area contributed by atoms with Gasteiger partial charge < -0.3 is 19.1 Å². The summed E-state index contributed by atoms with van der Waals surface area (Å²) in [5.41, 5.74) is 5.20. The number of ether oxygens (including phenoxy) is 2. The molecule has 4 aliphatic rings. The Labute approximate surface area is 261 Å². The van der Waals surface area contributed by atoms with Crippen molar-refractivity contribution in [2.75, 3.05) is 19.7 Å². The first-order valence-electron chi connectivity index (χ1n) is 15.6. The Bertz CT molecular complexity index is 1890. The van der Waals surface area contributed by atoms with Crippen molar-refractivity contribution in [3.05, 3.63) is 94.2 Å². The van der Waals surface area contributed by atoms with Crippen molar-refractivity contribution in [1.29, 1.82) is 5.26 Å². The van der Waals surface area contributed by atoms with Gasteiger partial charge in [0.25, 0.3) is 0 Å². The second-order valence-electron chi connectivity index (χ2n) is 12.5. The highest BCUT2D eigenvalue weighted by Gasteiger charge is 2.49. The fraction of sp³-hybridized carbons (Fsp3) is 0.353. The lowest BCUT2D eigenvalue weighted by Gasteiger charge is -2.34. The van der Waals surface area contributed by atoms with Crippen LogP contribution in [-0.4, -0.2) is 65.8 Å². The number of carboxylic acids is 1. The number of pyridine rings is 1. The second-order valence-corrected chi connectivity index (χ2v) is 14.7. The average Bonchev–Trinajstić information content (AvgIpc) is 3.70. The van der Waals surface area contributed by atoms with E-state index in [1.165, 1.54) is 12.1 Å². The van der Waals surface area contributed by atoms with E-state index in [1.54, 1.807) is 18.2 Å². The van der Waals surface area contributed by atoms with Gasteiger partial charge in [0.15, 0.2) is 11.3 Å². The first-order chi connectivity index (χ1) is 22.0. The number of carboxylic acid groups (broad SMARTS) is 1. The highest BCUT2D eigenvalue weighted by molar-refractivity contribution is 6.53. The van der Waals surface area contributed by atoms with Crippen LogP contribution in [0.25, 0.3) is 17.2 Å². The molecule has 0 radical (unpaired) electrons. The topological polar surface area (TPSA) is 114 Å². The Morgan fingerprint density at radius 2 is 1.96 bits per heavy atom. The highest BCUT2D eigenvalue weighted by atomic mass is 28.2. The predicted octanol–water partition coefficient (Wildman–Crippen LogP) is 4.93. The van der Waals surface area contributed by atoms with Crippen LogP contribution in [0.3, 0.4) is 0 Å². The second kappa shape index (κ2) is 11.2. The number of benzene rings is 2. The zero-order chi connectivity index (χ0) is 30.7. The number of hydrogen-bond donors (Lipinski definition) is 1. The zero-order valence-electron chi connectivity index (χ0n) is 24.6. The standard InChI is InChI=1S/C34H32FN5O4Si/c35-24-16-19(17-36)4-6-23(24)27-9-5-21-2-1-3-22(30(21)44-27)20-10-13-39(14-11-20)18-29-37-25-7-8-26(34(41)42)38-32(25)40(29)33-31(45-33)28-12-15-43-28/h1-9,16,20,27-28,31,33H,10-15,18,45H2,(H,41,42)/t27-,28?,31?,33-/m1/s1. The number of aromatic carboxylic acids is 1. The average molecular weight is 622 g/mol. The molecule has 3 saturated heterocycles. The molecule has 2 aromatic heterocycles. The molecule has 4 aromatic rings. The Kier molecular flexibility index (Phi) is 7.01. The van der Waals surface area contributed by atoms with Crippen LogP contribution in [0, 0.1) is 17.1 Å². The fourth-order valence-corrected chi connectivity index (χ4v) is 9.39. The maximum atomic E-state index is 14.9. The third-order valence-corrected chi connectivity index (χ3v) is 12.1. The van der Waals surface area contributed by atoms with Gasteiger partial charge in [-0.05, 0) is 79.7 Å². The monoisotopic (exact) mass is 621 g/mol. The van der Waals surface area contributed by atoms with Crippen molar-refractivity contribution in [2.45, 2.75) is 55.1 Å². The number of para-hydroxylation sites is 1. The largest absolute Gasteiger partial charge is 0.481 e. The molecular weight excluding hydrogens is 589 g/mol. The van der Waals surface area contributed by atoms with Crippen LogP contribution in [0.15, 0.2) is 54.6 Å². The predicted molar refractivity (Wildman–Crippen MR) is 167 cm³/mol. The maximum Gasteiger partial charge on any atom is 0.354 e. The molecule has 0 spiro atoms. The number of piperidine rings is 1. The third kappa shape index (κ3) is 5.13. The molecule has 45 heavy (non-hydrogen) atoms. The summed E-state index contributed by atoms with van der Waals surface area (Å²) in [5, 5.41) is 18.7. The van der Waals surface area contributed by atoms with Gasteiger partial charge in [-0.1, -0.05) is 30.3 Å². The van der Waals surface area contributed by atoms with E-state index in [-0.39, 0.29) is 11.3 Å². The van der Waals surface area contributed by atoms with Crippen LogP contribution in [0.1, 0.15) is 75.5 Å². The molecule has 4 atom stereocenters. The summed E-state index contributed by atoms with van der Waals surface area (Å²) in [7, 11) is -0.407. The number of carbonyl (C=O) groups is 1. The van der Waals surface area contributed by atoms with Gasteiger partial charge >= 0.3 is 5.97 Å². The SMILES string of the molecule is N#Cc1ccc([C@H]2C=Cc3cccc(C4CCN(Cc5nc6ccc(C(=O)O)nc6n5[C@@H]5[SiH2]C5C5CCO5)CC4)c3O2)c(F)c1. The van der Waals surface area contributed by atoms with Gasteiger partial charge in [0.2, 0.25) is 0 Å². The number of nitrogens with zero attached hydrogens (tertiary/aromatic N) is 5. The smallest absolute Gasteiger partial charge is 0.354 e. The summed E-state index contributed by atoms with van der Waals surface area (Å²) in [5.74, 6) is 0.575. The minimum absolute atomic E-state index is 0.0437. The molecule has 0 bridgehead atoms.